The van der Waals surface area contributed by atoms with Crippen LogP contribution in [0.25, 0.3) is 0 Å². The van der Waals surface area contributed by atoms with Gasteiger partial charge in [0.1, 0.15) is 5.75 Å². The van der Waals surface area contributed by atoms with Crippen molar-refractivity contribution in [2.24, 2.45) is 0 Å². The molecule has 1 heterocycles. The zero-order valence-electron chi connectivity index (χ0n) is 13.0. The van der Waals surface area contributed by atoms with Crippen LogP contribution in [0.5, 0.6) is 5.75 Å². The molecule has 1 aromatic carbocycles. The summed E-state index contributed by atoms with van der Waals surface area (Å²) in [4.78, 5) is 15.7. The number of nitrogens with zero attached hydrogens (tertiary/aromatic N) is 1. The number of anilines is 1. The Hall–Kier alpha value is -2.22. The summed E-state index contributed by atoms with van der Waals surface area (Å²) in [6, 6.07) is 7.56. The van der Waals surface area contributed by atoms with E-state index in [1.807, 2.05) is 13.0 Å². The van der Waals surface area contributed by atoms with E-state index in [1.165, 1.54) is 13.2 Å². The molecular weight excluding hydrogens is 341 g/mol. The van der Waals surface area contributed by atoms with Gasteiger partial charge in [-0.15, -0.1) is 0 Å². The van der Waals surface area contributed by atoms with Gasteiger partial charge in [-0.3, -0.25) is 4.79 Å². The van der Waals surface area contributed by atoms with Crippen LogP contribution in [0.15, 0.2) is 41.6 Å². The first-order valence-electron chi connectivity index (χ1n) is 6.90. The van der Waals surface area contributed by atoms with Gasteiger partial charge in [0.25, 0.3) is 0 Å². The molecule has 4 nitrogen and oxygen atoms in total. The summed E-state index contributed by atoms with van der Waals surface area (Å²) in [7, 11) is 1.50. The highest BCUT2D eigenvalue weighted by Crippen LogP contribution is 2.30. The van der Waals surface area contributed by atoms with Crippen LogP contribution in [-0.4, -0.2) is 23.8 Å². The number of hydrogen-bond donors (Lipinski definition) is 1. The van der Waals surface area contributed by atoms with Gasteiger partial charge in [-0.2, -0.15) is 13.2 Å². The number of ether oxygens (including phenoxy) is 1. The van der Waals surface area contributed by atoms with Gasteiger partial charge < -0.3 is 10.1 Å². The Labute approximate surface area is 141 Å². The van der Waals surface area contributed by atoms with E-state index in [-0.39, 0.29) is 11.7 Å². The number of nitrogens with one attached hydrogen (secondary N) is 1. The molecule has 0 aliphatic carbocycles. The number of methoxy groups -OCH3 is 1. The number of carbonyl (C=O) groups excluding carboxylic acids is 1. The molecule has 0 atom stereocenters. The van der Waals surface area contributed by atoms with Gasteiger partial charge >= 0.3 is 6.18 Å². The first kappa shape index (κ1) is 18.1. The van der Waals surface area contributed by atoms with Crippen molar-refractivity contribution in [1.29, 1.82) is 0 Å². The zero-order chi connectivity index (χ0) is 17.7. The van der Waals surface area contributed by atoms with Crippen molar-refractivity contribution in [2.75, 3.05) is 18.2 Å². The number of hydrogen-bond acceptors (Lipinski definition) is 4. The minimum absolute atomic E-state index is 0.0233. The molecule has 24 heavy (non-hydrogen) atoms. The Morgan fingerprint density at radius 3 is 2.62 bits per heavy atom. The van der Waals surface area contributed by atoms with Crippen molar-refractivity contribution in [3.05, 3.63) is 47.7 Å². The smallest absolute Gasteiger partial charge is 0.417 e. The molecule has 128 valence electrons. The van der Waals surface area contributed by atoms with E-state index in [9.17, 15) is 18.0 Å². The standard InChI is InChI=1S/C16H15F3N2O2S/c1-10-3-5-13(23-2)12(7-10)21-14(22)9-24-15-6-4-11(8-20-15)16(17,18)19/h3-8H,9H2,1-2H3,(H,21,22). The Kier molecular flexibility index (Phi) is 5.71. The second-order valence-electron chi connectivity index (χ2n) is 4.92. The fraction of sp³-hybridized carbons (Fsp3) is 0.250. The molecule has 1 aromatic heterocycles. The maximum atomic E-state index is 12.5. The van der Waals surface area contributed by atoms with E-state index in [0.717, 1.165) is 29.6 Å². The summed E-state index contributed by atoms with van der Waals surface area (Å²) in [5.74, 6) is 0.257. The number of benzene rings is 1. The first-order chi connectivity index (χ1) is 11.3. The molecule has 1 N–H and O–H groups in total. The first-order valence-corrected chi connectivity index (χ1v) is 7.88. The lowest BCUT2D eigenvalue weighted by Gasteiger charge is -2.11. The van der Waals surface area contributed by atoms with Crippen LogP contribution in [0.2, 0.25) is 0 Å². The van der Waals surface area contributed by atoms with Gasteiger partial charge in [-0.05, 0) is 36.8 Å². The number of amides is 1. The molecule has 2 rings (SSSR count). The largest absolute Gasteiger partial charge is 0.495 e. The fourth-order valence-corrected chi connectivity index (χ4v) is 2.52. The number of thioether (sulfide) groups is 1. The van der Waals surface area contributed by atoms with Crippen LogP contribution in [-0.2, 0) is 11.0 Å². The Morgan fingerprint density at radius 2 is 2.04 bits per heavy atom. The van der Waals surface area contributed by atoms with Crippen LogP contribution in [0.3, 0.4) is 0 Å². The molecule has 0 saturated carbocycles. The van der Waals surface area contributed by atoms with Gasteiger partial charge in [0.15, 0.2) is 0 Å². The highest BCUT2D eigenvalue weighted by molar-refractivity contribution is 7.99. The van der Waals surface area contributed by atoms with Crippen molar-refractivity contribution in [3.63, 3.8) is 0 Å². The maximum Gasteiger partial charge on any atom is 0.417 e. The molecular formula is C16H15F3N2O2S. The molecule has 0 unspecified atom stereocenters. The van der Waals surface area contributed by atoms with Gasteiger partial charge in [0, 0.05) is 6.20 Å². The predicted molar refractivity (Wildman–Crippen MR) is 86.3 cm³/mol. The van der Waals surface area contributed by atoms with E-state index in [4.69, 9.17) is 4.74 Å². The van der Waals surface area contributed by atoms with Gasteiger partial charge in [0.05, 0.1) is 29.1 Å². The predicted octanol–water partition coefficient (Wildman–Crippen LogP) is 4.15. The number of carbonyl (C=O) groups is 1. The minimum Gasteiger partial charge on any atom is -0.495 e. The number of pyridine rings is 1. The van der Waals surface area contributed by atoms with E-state index >= 15 is 0 Å². The summed E-state index contributed by atoms with van der Waals surface area (Å²) < 4.78 is 42.5. The number of alkyl halides is 3. The molecule has 2 aromatic rings. The molecule has 0 aliphatic rings. The van der Waals surface area contributed by atoms with Crippen LogP contribution >= 0.6 is 11.8 Å². The molecule has 0 spiro atoms. The molecule has 8 heteroatoms. The monoisotopic (exact) mass is 356 g/mol. The van der Waals surface area contributed by atoms with E-state index < -0.39 is 11.7 Å². The number of aryl methyl sites for hydroxylation is 1. The summed E-state index contributed by atoms with van der Waals surface area (Å²) in [5, 5.41) is 3.06. The zero-order valence-corrected chi connectivity index (χ0v) is 13.8. The van der Waals surface area contributed by atoms with Crippen LogP contribution in [0, 0.1) is 6.92 Å². The topological polar surface area (TPSA) is 51.2 Å². The van der Waals surface area contributed by atoms with E-state index in [0.29, 0.717) is 16.5 Å². The van der Waals surface area contributed by atoms with Gasteiger partial charge in [-0.25, -0.2) is 4.98 Å². The van der Waals surface area contributed by atoms with Gasteiger partial charge in [-0.1, -0.05) is 17.8 Å². The fourth-order valence-electron chi connectivity index (χ4n) is 1.88. The highest BCUT2D eigenvalue weighted by atomic mass is 32.2. The second kappa shape index (κ2) is 7.57. The molecule has 0 fully saturated rings. The van der Waals surface area contributed by atoms with Crippen molar-refractivity contribution < 1.29 is 22.7 Å². The Balaban J connectivity index is 1.95. The third kappa shape index (κ3) is 4.89. The summed E-state index contributed by atoms with van der Waals surface area (Å²) in [6.07, 6.45) is -3.67. The third-order valence-corrected chi connectivity index (χ3v) is 3.99. The van der Waals surface area contributed by atoms with Crippen molar-refractivity contribution in [2.45, 2.75) is 18.1 Å². The number of aromatic nitrogens is 1. The second-order valence-corrected chi connectivity index (χ2v) is 5.92. The third-order valence-electron chi connectivity index (χ3n) is 3.04. The maximum absolute atomic E-state index is 12.5. The molecule has 1 amide bonds. The quantitative estimate of drug-likeness (QED) is 0.818. The summed E-state index contributed by atoms with van der Waals surface area (Å²) in [6.45, 7) is 1.88. The number of rotatable bonds is 5. The van der Waals surface area contributed by atoms with E-state index in [1.54, 1.807) is 12.1 Å². The van der Waals surface area contributed by atoms with Crippen LogP contribution < -0.4 is 10.1 Å². The SMILES string of the molecule is COc1ccc(C)cc1NC(=O)CSc1ccc(C(F)(F)F)cn1. The van der Waals surface area contributed by atoms with Crippen LogP contribution in [0.1, 0.15) is 11.1 Å². The lowest BCUT2D eigenvalue weighted by atomic mass is 10.2. The van der Waals surface area contributed by atoms with Crippen molar-refractivity contribution >= 4 is 23.4 Å². The molecule has 0 aliphatic heterocycles. The number of halogens is 3. The Bertz CT molecular complexity index is 718. The van der Waals surface area contributed by atoms with Crippen molar-refractivity contribution in [1.82, 2.24) is 4.98 Å². The van der Waals surface area contributed by atoms with Crippen molar-refractivity contribution in [3.8, 4) is 5.75 Å². The average molecular weight is 356 g/mol. The van der Waals surface area contributed by atoms with E-state index in [2.05, 4.69) is 10.3 Å². The average Bonchev–Trinajstić information content (AvgIpc) is 2.53. The van der Waals surface area contributed by atoms with Gasteiger partial charge in [0.2, 0.25) is 5.91 Å². The lowest BCUT2D eigenvalue weighted by Crippen LogP contribution is -2.15. The van der Waals surface area contributed by atoms with Crippen LogP contribution in [0.4, 0.5) is 18.9 Å². The Morgan fingerprint density at radius 1 is 1.29 bits per heavy atom. The lowest BCUT2D eigenvalue weighted by molar-refractivity contribution is -0.137. The molecule has 0 radical (unpaired) electrons. The molecule has 0 bridgehead atoms. The normalized spacial score (nSPS) is 11.2. The summed E-state index contributed by atoms with van der Waals surface area (Å²) >= 11 is 1.05. The molecule has 0 saturated heterocycles. The highest BCUT2D eigenvalue weighted by Gasteiger charge is 2.30. The summed E-state index contributed by atoms with van der Waals surface area (Å²) in [5.41, 5.74) is 0.687. The minimum atomic E-state index is -4.42.